The minimum atomic E-state index is -0.463. The zero-order valence-electron chi connectivity index (χ0n) is 9.43. The normalized spacial score (nSPS) is 22.6. The lowest BCUT2D eigenvalue weighted by Gasteiger charge is -2.04. The van der Waals surface area contributed by atoms with E-state index >= 15 is 0 Å². The minimum Gasteiger partial charge on any atom is -0.464 e. The number of carbonyl (C=O) groups excluding carboxylic acids is 1. The van der Waals surface area contributed by atoms with E-state index in [4.69, 9.17) is 0 Å². The van der Waals surface area contributed by atoms with Gasteiger partial charge in [0.15, 0.2) is 5.69 Å². The summed E-state index contributed by atoms with van der Waals surface area (Å²) in [7, 11) is 1.32. The predicted molar refractivity (Wildman–Crippen MR) is 59.1 cm³/mol. The molecule has 1 N–H and O–H groups in total. The van der Waals surface area contributed by atoms with Crippen molar-refractivity contribution in [2.24, 2.45) is 11.8 Å². The van der Waals surface area contributed by atoms with E-state index in [1.54, 1.807) is 6.20 Å². The van der Waals surface area contributed by atoms with Gasteiger partial charge in [0.2, 0.25) is 0 Å². The van der Waals surface area contributed by atoms with Crippen LogP contribution in [-0.4, -0.2) is 29.6 Å². The Hall–Kier alpha value is -1.65. The van der Waals surface area contributed by atoms with Crippen molar-refractivity contribution >= 4 is 11.8 Å². The Morgan fingerprint density at radius 3 is 2.81 bits per heavy atom. The summed E-state index contributed by atoms with van der Waals surface area (Å²) in [6, 6.07) is 0. The van der Waals surface area contributed by atoms with Crippen LogP contribution >= 0.6 is 0 Å². The Morgan fingerprint density at radius 2 is 2.31 bits per heavy atom. The average Bonchev–Trinajstić information content (AvgIpc) is 3.02. The number of ether oxygens (including phenoxy) is 1. The number of nitrogens with zero attached hydrogens (tertiary/aromatic N) is 2. The summed E-state index contributed by atoms with van der Waals surface area (Å²) in [5, 5.41) is 3.20. The number of rotatable bonds is 4. The molecule has 0 amide bonds. The van der Waals surface area contributed by atoms with E-state index in [0.717, 1.165) is 18.4 Å². The van der Waals surface area contributed by atoms with Crippen molar-refractivity contribution in [1.29, 1.82) is 0 Å². The van der Waals surface area contributed by atoms with E-state index in [-0.39, 0.29) is 5.69 Å². The lowest BCUT2D eigenvalue weighted by atomic mass is 10.3. The zero-order chi connectivity index (χ0) is 11.5. The van der Waals surface area contributed by atoms with Gasteiger partial charge in [-0.1, -0.05) is 6.92 Å². The maximum absolute atomic E-state index is 11.1. The summed E-state index contributed by atoms with van der Waals surface area (Å²) in [4.78, 5) is 19.2. The predicted octanol–water partition coefficient (Wildman–Crippen LogP) is 1.33. The van der Waals surface area contributed by atoms with Gasteiger partial charge in [-0.15, -0.1) is 0 Å². The number of hydrogen-bond donors (Lipinski definition) is 1. The third-order valence-electron chi connectivity index (χ3n) is 2.87. The third-order valence-corrected chi connectivity index (χ3v) is 2.87. The van der Waals surface area contributed by atoms with Gasteiger partial charge in [0, 0.05) is 6.54 Å². The summed E-state index contributed by atoms with van der Waals surface area (Å²) in [6.45, 7) is 3.16. The van der Waals surface area contributed by atoms with Gasteiger partial charge in [-0.3, -0.25) is 0 Å². The first-order chi connectivity index (χ1) is 7.70. The van der Waals surface area contributed by atoms with Crippen molar-refractivity contribution in [3.63, 3.8) is 0 Å². The van der Waals surface area contributed by atoms with Crippen LogP contribution < -0.4 is 5.32 Å². The first-order valence-corrected chi connectivity index (χ1v) is 5.35. The van der Waals surface area contributed by atoms with Crippen LogP contribution in [0.3, 0.4) is 0 Å². The van der Waals surface area contributed by atoms with Crippen LogP contribution in [0.4, 0.5) is 5.82 Å². The van der Waals surface area contributed by atoms with E-state index in [1.165, 1.54) is 19.7 Å². The highest BCUT2D eigenvalue weighted by atomic mass is 16.5. The highest BCUT2D eigenvalue weighted by molar-refractivity contribution is 5.86. The fourth-order valence-electron chi connectivity index (χ4n) is 1.55. The summed E-state index contributed by atoms with van der Waals surface area (Å²) in [5.41, 5.74) is 0.229. The molecule has 1 heterocycles. The topological polar surface area (TPSA) is 64.1 Å². The molecule has 2 unspecified atom stereocenters. The van der Waals surface area contributed by atoms with Crippen molar-refractivity contribution in [3.05, 3.63) is 18.1 Å². The molecular formula is C11H15N3O2. The summed E-state index contributed by atoms with van der Waals surface area (Å²) in [5.74, 6) is 1.80. The van der Waals surface area contributed by atoms with Gasteiger partial charge in [-0.2, -0.15) is 0 Å². The van der Waals surface area contributed by atoms with Gasteiger partial charge in [0.1, 0.15) is 5.82 Å². The standard InChI is InChI=1S/C11H15N3O2/c1-7-3-8(7)4-13-10-6-12-9(5-14-10)11(15)16-2/h5-8H,3-4H2,1-2H3,(H,13,14). The first-order valence-electron chi connectivity index (χ1n) is 5.35. The SMILES string of the molecule is COC(=O)c1cnc(NCC2CC2C)cn1. The molecule has 1 aliphatic carbocycles. The molecular weight excluding hydrogens is 206 g/mol. The molecule has 1 aliphatic rings. The average molecular weight is 221 g/mol. The Kier molecular flexibility index (Phi) is 3.03. The Labute approximate surface area is 94.2 Å². The maximum atomic E-state index is 11.1. The van der Waals surface area contributed by atoms with Crippen molar-refractivity contribution < 1.29 is 9.53 Å². The van der Waals surface area contributed by atoms with Crippen LogP contribution in [0.15, 0.2) is 12.4 Å². The van der Waals surface area contributed by atoms with Crippen molar-refractivity contribution in [3.8, 4) is 0 Å². The fourth-order valence-corrected chi connectivity index (χ4v) is 1.55. The molecule has 0 saturated heterocycles. The van der Waals surface area contributed by atoms with Gasteiger partial charge >= 0.3 is 5.97 Å². The monoisotopic (exact) mass is 221 g/mol. The summed E-state index contributed by atoms with van der Waals surface area (Å²) < 4.78 is 4.54. The van der Waals surface area contributed by atoms with Gasteiger partial charge in [-0.05, 0) is 18.3 Å². The van der Waals surface area contributed by atoms with Gasteiger partial charge < -0.3 is 10.1 Å². The Morgan fingerprint density at radius 1 is 1.56 bits per heavy atom. The van der Waals surface area contributed by atoms with Gasteiger partial charge in [0.05, 0.1) is 19.5 Å². The molecule has 0 bridgehead atoms. The van der Waals surface area contributed by atoms with E-state index < -0.39 is 5.97 Å². The number of anilines is 1. The number of nitrogens with one attached hydrogen (secondary N) is 1. The second kappa shape index (κ2) is 4.47. The molecule has 0 aromatic carbocycles. The van der Waals surface area contributed by atoms with Crippen LogP contribution in [0, 0.1) is 11.8 Å². The molecule has 0 radical (unpaired) electrons. The van der Waals surface area contributed by atoms with E-state index in [2.05, 4.69) is 26.9 Å². The second-order valence-corrected chi connectivity index (χ2v) is 4.13. The molecule has 5 nitrogen and oxygen atoms in total. The quantitative estimate of drug-likeness (QED) is 0.777. The van der Waals surface area contributed by atoms with Crippen LogP contribution in [0.5, 0.6) is 0 Å². The number of esters is 1. The fraction of sp³-hybridized carbons (Fsp3) is 0.545. The lowest BCUT2D eigenvalue weighted by molar-refractivity contribution is 0.0593. The van der Waals surface area contributed by atoms with Gasteiger partial charge in [0.25, 0.3) is 0 Å². The molecule has 1 saturated carbocycles. The summed E-state index contributed by atoms with van der Waals surface area (Å²) in [6.07, 6.45) is 4.25. The summed E-state index contributed by atoms with van der Waals surface area (Å²) >= 11 is 0. The highest BCUT2D eigenvalue weighted by Crippen LogP contribution is 2.37. The molecule has 1 aromatic heterocycles. The third kappa shape index (κ3) is 2.48. The highest BCUT2D eigenvalue weighted by Gasteiger charge is 2.31. The molecule has 5 heteroatoms. The number of hydrogen-bond acceptors (Lipinski definition) is 5. The molecule has 86 valence electrons. The van der Waals surface area contributed by atoms with Crippen LogP contribution in [-0.2, 0) is 4.74 Å². The van der Waals surface area contributed by atoms with Crippen LogP contribution in [0.1, 0.15) is 23.8 Å². The number of methoxy groups -OCH3 is 1. The van der Waals surface area contributed by atoms with Crippen LogP contribution in [0.2, 0.25) is 0 Å². The second-order valence-electron chi connectivity index (χ2n) is 4.13. The van der Waals surface area contributed by atoms with Crippen LogP contribution in [0.25, 0.3) is 0 Å². The molecule has 0 spiro atoms. The minimum absolute atomic E-state index is 0.229. The largest absolute Gasteiger partial charge is 0.464 e. The van der Waals surface area contributed by atoms with E-state index in [0.29, 0.717) is 5.82 Å². The molecule has 2 atom stereocenters. The smallest absolute Gasteiger partial charge is 0.358 e. The zero-order valence-corrected chi connectivity index (χ0v) is 9.43. The van der Waals surface area contributed by atoms with Gasteiger partial charge in [-0.25, -0.2) is 14.8 Å². The maximum Gasteiger partial charge on any atom is 0.358 e. The molecule has 1 fully saturated rings. The Balaban J connectivity index is 1.89. The molecule has 0 aliphatic heterocycles. The van der Waals surface area contributed by atoms with E-state index in [9.17, 15) is 4.79 Å². The number of aromatic nitrogens is 2. The molecule has 2 rings (SSSR count). The van der Waals surface area contributed by atoms with E-state index in [1.807, 2.05) is 0 Å². The molecule has 16 heavy (non-hydrogen) atoms. The Bertz CT molecular complexity index is 377. The lowest BCUT2D eigenvalue weighted by Crippen LogP contribution is -2.09. The molecule has 1 aromatic rings. The van der Waals surface area contributed by atoms with Crippen molar-refractivity contribution in [2.45, 2.75) is 13.3 Å². The first kappa shape index (κ1) is 10.9. The number of carbonyl (C=O) groups is 1. The van der Waals surface area contributed by atoms with Crippen molar-refractivity contribution in [1.82, 2.24) is 9.97 Å². The van der Waals surface area contributed by atoms with Crippen molar-refractivity contribution in [2.75, 3.05) is 19.0 Å².